The van der Waals surface area contributed by atoms with Crippen molar-refractivity contribution >= 4 is 0 Å². The molecule has 1 aromatic rings. The molecule has 1 N–H and O–H groups in total. The van der Waals surface area contributed by atoms with E-state index < -0.39 is 0 Å². The third-order valence-corrected chi connectivity index (χ3v) is 4.45. The van der Waals surface area contributed by atoms with Gasteiger partial charge in [0.1, 0.15) is 0 Å². The monoisotopic (exact) mass is 267 g/mol. The van der Waals surface area contributed by atoms with Crippen LogP contribution in [0.15, 0.2) is 0 Å². The fraction of sp³-hybridized carbons (Fsp3) is 0.923. The minimum absolute atomic E-state index is 0.0968. The normalized spacial score (nSPS) is 29.4. The lowest BCUT2D eigenvalue weighted by Crippen LogP contribution is -2.54. The Hall–Kier alpha value is -1.01. The first-order valence-electron chi connectivity index (χ1n) is 7.05. The van der Waals surface area contributed by atoms with E-state index in [9.17, 15) is 0 Å². The molecule has 2 rings (SSSR count). The minimum atomic E-state index is -0.0968. The maximum atomic E-state index is 5.91. The number of aryl methyl sites for hydroxylation is 1. The number of hydrogen-bond acceptors (Lipinski definition) is 5. The standard InChI is InChI=1S/C13H25N5O/c1-10-5-7-13(19-4,8-6-10)11(14-2)9-12-15-17-18(3)16-12/h10-11,14H,5-9H2,1-4H3. The van der Waals surface area contributed by atoms with Crippen LogP contribution in [0.25, 0.3) is 0 Å². The lowest BCUT2D eigenvalue weighted by molar-refractivity contribution is -0.0734. The van der Waals surface area contributed by atoms with Crippen LogP contribution in [0.1, 0.15) is 38.4 Å². The first-order valence-corrected chi connectivity index (χ1v) is 7.05. The molecule has 1 aliphatic rings. The molecule has 0 saturated heterocycles. The number of nitrogens with zero attached hydrogens (tertiary/aromatic N) is 4. The van der Waals surface area contributed by atoms with Crippen molar-refractivity contribution in [3.8, 4) is 0 Å². The Labute approximate surface area is 114 Å². The average Bonchev–Trinajstić information content (AvgIpc) is 2.83. The first-order chi connectivity index (χ1) is 9.09. The summed E-state index contributed by atoms with van der Waals surface area (Å²) in [7, 11) is 5.60. The van der Waals surface area contributed by atoms with Crippen LogP contribution >= 0.6 is 0 Å². The van der Waals surface area contributed by atoms with Gasteiger partial charge < -0.3 is 10.1 Å². The zero-order valence-corrected chi connectivity index (χ0v) is 12.4. The summed E-state index contributed by atoms with van der Waals surface area (Å²) >= 11 is 0. The third kappa shape index (κ3) is 3.12. The molecular weight excluding hydrogens is 242 g/mol. The van der Waals surface area contributed by atoms with E-state index in [1.54, 1.807) is 7.05 Å². The maximum Gasteiger partial charge on any atom is 0.176 e. The van der Waals surface area contributed by atoms with Gasteiger partial charge in [0.15, 0.2) is 5.82 Å². The second-order valence-electron chi connectivity index (χ2n) is 5.69. The predicted octanol–water partition coefficient (Wildman–Crippen LogP) is 0.936. The fourth-order valence-electron chi connectivity index (χ4n) is 3.08. The molecule has 1 saturated carbocycles. The van der Waals surface area contributed by atoms with Crippen molar-refractivity contribution in [3.63, 3.8) is 0 Å². The van der Waals surface area contributed by atoms with Gasteiger partial charge >= 0.3 is 0 Å². The Bertz CT molecular complexity index is 397. The van der Waals surface area contributed by atoms with Crippen LogP contribution < -0.4 is 5.32 Å². The van der Waals surface area contributed by atoms with E-state index >= 15 is 0 Å². The van der Waals surface area contributed by atoms with E-state index in [4.69, 9.17) is 4.74 Å². The number of tetrazole rings is 1. The fourth-order valence-corrected chi connectivity index (χ4v) is 3.08. The van der Waals surface area contributed by atoms with Crippen molar-refractivity contribution in [2.75, 3.05) is 14.2 Å². The second-order valence-corrected chi connectivity index (χ2v) is 5.69. The van der Waals surface area contributed by atoms with Gasteiger partial charge in [0.25, 0.3) is 0 Å². The minimum Gasteiger partial charge on any atom is -0.377 e. The molecule has 0 radical (unpaired) electrons. The quantitative estimate of drug-likeness (QED) is 0.860. The largest absolute Gasteiger partial charge is 0.377 e. The van der Waals surface area contributed by atoms with Crippen LogP contribution in [0.4, 0.5) is 0 Å². The van der Waals surface area contributed by atoms with Crippen molar-refractivity contribution < 1.29 is 4.74 Å². The summed E-state index contributed by atoms with van der Waals surface area (Å²) in [6.45, 7) is 2.32. The molecule has 108 valence electrons. The van der Waals surface area contributed by atoms with Crippen LogP contribution in [0, 0.1) is 5.92 Å². The molecule has 6 nitrogen and oxygen atoms in total. The lowest BCUT2D eigenvalue weighted by Gasteiger charge is -2.43. The second kappa shape index (κ2) is 5.96. The van der Waals surface area contributed by atoms with E-state index in [0.29, 0.717) is 0 Å². The molecule has 0 bridgehead atoms. The van der Waals surface area contributed by atoms with Crippen molar-refractivity contribution in [2.24, 2.45) is 13.0 Å². The molecule has 0 spiro atoms. The molecule has 0 aromatic carbocycles. The highest BCUT2D eigenvalue weighted by atomic mass is 16.5. The van der Waals surface area contributed by atoms with Gasteiger partial charge in [-0.1, -0.05) is 6.92 Å². The van der Waals surface area contributed by atoms with Gasteiger partial charge in [-0.3, -0.25) is 0 Å². The molecule has 1 aromatic heterocycles. The summed E-state index contributed by atoms with van der Waals surface area (Å²) in [6, 6.07) is 0.231. The van der Waals surface area contributed by atoms with Crippen LogP contribution in [-0.4, -0.2) is 46.0 Å². The number of hydrogen-bond donors (Lipinski definition) is 1. The lowest BCUT2D eigenvalue weighted by atomic mass is 9.74. The SMILES string of the molecule is CNC(Cc1nnn(C)n1)C1(OC)CCC(C)CC1. The summed E-state index contributed by atoms with van der Waals surface area (Å²) in [5, 5.41) is 15.6. The highest BCUT2D eigenvalue weighted by Crippen LogP contribution is 2.37. The van der Waals surface area contributed by atoms with Crippen molar-refractivity contribution in [2.45, 2.75) is 50.7 Å². The Morgan fingerprint density at radius 2 is 2.16 bits per heavy atom. The zero-order chi connectivity index (χ0) is 13.9. The van der Waals surface area contributed by atoms with Gasteiger partial charge in [-0.25, -0.2) is 0 Å². The van der Waals surface area contributed by atoms with Gasteiger partial charge in [0.05, 0.1) is 12.6 Å². The first kappa shape index (κ1) is 14.4. The molecule has 6 heteroatoms. The van der Waals surface area contributed by atoms with E-state index in [2.05, 4.69) is 27.7 Å². The van der Waals surface area contributed by atoms with Crippen molar-refractivity contribution in [3.05, 3.63) is 5.82 Å². The number of likely N-dealkylation sites (N-methyl/N-ethyl adjacent to an activating group) is 1. The van der Waals surface area contributed by atoms with Crippen LogP contribution in [0.2, 0.25) is 0 Å². The number of ether oxygens (including phenoxy) is 1. The van der Waals surface area contributed by atoms with E-state index in [1.807, 2.05) is 14.2 Å². The molecule has 1 aliphatic carbocycles. The number of rotatable bonds is 5. The molecule has 0 amide bonds. The molecule has 1 atom stereocenters. The molecule has 1 fully saturated rings. The van der Waals surface area contributed by atoms with Gasteiger partial charge in [-0.05, 0) is 43.9 Å². The number of methoxy groups -OCH3 is 1. The van der Waals surface area contributed by atoms with Gasteiger partial charge in [0, 0.05) is 19.6 Å². The Morgan fingerprint density at radius 1 is 1.47 bits per heavy atom. The molecule has 1 unspecified atom stereocenters. The van der Waals surface area contributed by atoms with Crippen LogP contribution in [0.5, 0.6) is 0 Å². The van der Waals surface area contributed by atoms with E-state index in [1.165, 1.54) is 17.6 Å². The highest BCUT2D eigenvalue weighted by molar-refractivity contribution is 5.00. The third-order valence-electron chi connectivity index (χ3n) is 4.45. The Morgan fingerprint density at radius 3 is 2.63 bits per heavy atom. The van der Waals surface area contributed by atoms with Crippen molar-refractivity contribution in [1.29, 1.82) is 0 Å². The molecular formula is C13H25N5O. The van der Waals surface area contributed by atoms with Gasteiger partial charge in [0.2, 0.25) is 0 Å². The molecule has 1 heterocycles. The van der Waals surface area contributed by atoms with Crippen LogP contribution in [0.3, 0.4) is 0 Å². The smallest absolute Gasteiger partial charge is 0.176 e. The molecule has 0 aliphatic heterocycles. The highest BCUT2D eigenvalue weighted by Gasteiger charge is 2.41. The maximum absolute atomic E-state index is 5.91. The summed E-state index contributed by atoms with van der Waals surface area (Å²) in [5.41, 5.74) is -0.0968. The topological polar surface area (TPSA) is 64.9 Å². The van der Waals surface area contributed by atoms with Crippen molar-refractivity contribution in [1.82, 2.24) is 25.5 Å². The summed E-state index contributed by atoms with van der Waals surface area (Å²) in [4.78, 5) is 1.50. The summed E-state index contributed by atoms with van der Waals surface area (Å²) < 4.78 is 5.91. The van der Waals surface area contributed by atoms with Gasteiger partial charge in [-0.2, -0.15) is 4.80 Å². The van der Waals surface area contributed by atoms with Gasteiger partial charge in [-0.15, -0.1) is 10.2 Å². The summed E-state index contributed by atoms with van der Waals surface area (Å²) in [6.07, 6.45) is 5.39. The predicted molar refractivity (Wildman–Crippen MR) is 72.7 cm³/mol. The average molecular weight is 267 g/mol. The summed E-state index contributed by atoms with van der Waals surface area (Å²) in [5.74, 6) is 1.58. The number of aromatic nitrogens is 4. The van der Waals surface area contributed by atoms with Crippen LogP contribution in [-0.2, 0) is 18.2 Å². The van der Waals surface area contributed by atoms with E-state index in [-0.39, 0.29) is 11.6 Å². The molecule has 19 heavy (non-hydrogen) atoms. The number of nitrogens with one attached hydrogen (secondary N) is 1. The Balaban J connectivity index is 2.10. The van der Waals surface area contributed by atoms with E-state index in [0.717, 1.165) is 31.0 Å². The zero-order valence-electron chi connectivity index (χ0n) is 12.4. The Kier molecular flexibility index (Phi) is 4.52.